The van der Waals surface area contributed by atoms with E-state index in [9.17, 15) is 10.1 Å². The first-order valence-corrected chi connectivity index (χ1v) is 8.88. The maximum atomic E-state index is 10.6. The van der Waals surface area contributed by atoms with Crippen LogP contribution >= 0.6 is 11.6 Å². The van der Waals surface area contributed by atoms with Gasteiger partial charge in [0, 0.05) is 11.1 Å². The van der Waals surface area contributed by atoms with Crippen LogP contribution in [0.15, 0.2) is 65.9 Å². The number of methoxy groups -OCH3 is 1. The van der Waals surface area contributed by atoms with Crippen molar-refractivity contribution in [3.63, 3.8) is 0 Å². The summed E-state index contributed by atoms with van der Waals surface area (Å²) in [5.74, 6) is 1.56. The van der Waals surface area contributed by atoms with E-state index >= 15 is 0 Å². The van der Waals surface area contributed by atoms with Gasteiger partial charge in [0.2, 0.25) is 0 Å². The van der Waals surface area contributed by atoms with Gasteiger partial charge in [0.05, 0.1) is 18.2 Å². The first kappa shape index (κ1) is 20.1. The standard InChI is InChI=1S/C20H17ClN4O4/c1-28-18-8-4-15(10-19(18)29-13-14-2-5-16(21)6-3-14)11-23-24-20-9-7-17(12-22-20)25(26)27/h2-12H,13H2,1H3,(H,22,24)/b23-11-. The number of hydrazone groups is 1. The molecule has 0 saturated heterocycles. The molecule has 2 aromatic carbocycles. The van der Waals surface area contributed by atoms with Crippen molar-refractivity contribution in [3.8, 4) is 11.5 Å². The van der Waals surface area contributed by atoms with Crippen LogP contribution < -0.4 is 14.9 Å². The van der Waals surface area contributed by atoms with Crippen molar-refractivity contribution in [1.29, 1.82) is 0 Å². The molecular weight excluding hydrogens is 396 g/mol. The first-order chi connectivity index (χ1) is 14.0. The molecule has 1 aromatic heterocycles. The van der Waals surface area contributed by atoms with Gasteiger partial charge in [0.1, 0.15) is 18.6 Å². The molecule has 0 fully saturated rings. The SMILES string of the molecule is COc1ccc(/C=N\Nc2ccc([N+](=O)[O-])cn2)cc1OCc1ccc(Cl)cc1. The second kappa shape index (κ2) is 9.52. The van der Waals surface area contributed by atoms with Crippen LogP contribution in [-0.2, 0) is 6.61 Å². The zero-order valence-electron chi connectivity index (χ0n) is 15.4. The van der Waals surface area contributed by atoms with E-state index in [0.29, 0.717) is 28.9 Å². The minimum atomic E-state index is -0.511. The topological polar surface area (TPSA) is 98.9 Å². The predicted molar refractivity (Wildman–Crippen MR) is 111 cm³/mol. The van der Waals surface area contributed by atoms with Crippen molar-refractivity contribution in [2.24, 2.45) is 5.10 Å². The Morgan fingerprint density at radius 1 is 1.17 bits per heavy atom. The lowest BCUT2D eigenvalue weighted by molar-refractivity contribution is -0.385. The van der Waals surface area contributed by atoms with E-state index in [1.807, 2.05) is 18.2 Å². The van der Waals surface area contributed by atoms with E-state index in [1.165, 1.54) is 12.1 Å². The summed E-state index contributed by atoms with van der Waals surface area (Å²) in [6.07, 6.45) is 2.74. The second-order valence-corrected chi connectivity index (χ2v) is 6.29. The number of hydrogen-bond acceptors (Lipinski definition) is 7. The smallest absolute Gasteiger partial charge is 0.287 e. The first-order valence-electron chi connectivity index (χ1n) is 8.50. The molecule has 148 valence electrons. The molecule has 0 aliphatic carbocycles. The summed E-state index contributed by atoms with van der Waals surface area (Å²) in [4.78, 5) is 14.1. The molecule has 0 radical (unpaired) electrons. The summed E-state index contributed by atoms with van der Waals surface area (Å²) in [6.45, 7) is 0.360. The Kier molecular flexibility index (Phi) is 6.59. The molecule has 1 N–H and O–H groups in total. The largest absolute Gasteiger partial charge is 0.493 e. The lowest BCUT2D eigenvalue weighted by Crippen LogP contribution is -1.99. The average Bonchev–Trinajstić information content (AvgIpc) is 2.74. The normalized spacial score (nSPS) is 10.7. The molecule has 0 saturated carbocycles. The number of halogens is 1. The van der Waals surface area contributed by atoms with Crippen molar-refractivity contribution >= 4 is 29.3 Å². The Labute approximate surface area is 171 Å². The molecule has 0 spiro atoms. The highest BCUT2D eigenvalue weighted by atomic mass is 35.5. The zero-order valence-corrected chi connectivity index (χ0v) is 16.2. The maximum Gasteiger partial charge on any atom is 0.287 e. The van der Waals surface area contributed by atoms with Crippen LogP contribution in [-0.4, -0.2) is 23.2 Å². The predicted octanol–water partition coefficient (Wildman–Crippen LogP) is 4.68. The van der Waals surface area contributed by atoms with Crippen LogP contribution in [0.5, 0.6) is 11.5 Å². The van der Waals surface area contributed by atoms with Crippen molar-refractivity contribution < 1.29 is 14.4 Å². The van der Waals surface area contributed by atoms with Gasteiger partial charge in [-0.1, -0.05) is 23.7 Å². The molecule has 9 heteroatoms. The summed E-state index contributed by atoms with van der Waals surface area (Å²) < 4.78 is 11.2. The third kappa shape index (κ3) is 5.66. The van der Waals surface area contributed by atoms with Gasteiger partial charge in [-0.2, -0.15) is 5.10 Å². The molecule has 0 unspecified atom stereocenters. The number of pyridine rings is 1. The Balaban J connectivity index is 1.66. The molecular formula is C20H17ClN4O4. The fourth-order valence-corrected chi connectivity index (χ4v) is 2.49. The molecule has 0 amide bonds. The highest BCUT2D eigenvalue weighted by Gasteiger charge is 2.07. The number of nitrogens with zero attached hydrogens (tertiary/aromatic N) is 3. The zero-order chi connectivity index (χ0) is 20.6. The monoisotopic (exact) mass is 412 g/mol. The van der Waals surface area contributed by atoms with E-state index in [4.69, 9.17) is 21.1 Å². The van der Waals surface area contributed by atoms with Gasteiger partial charge < -0.3 is 9.47 Å². The van der Waals surface area contributed by atoms with E-state index in [1.54, 1.807) is 37.6 Å². The lowest BCUT2D eigenvalue weighted by Gasteiger charge is -2.11. The maximum absolute atomic E-state index is 10.6. The Morgan fingerprint density at radius 2 is 1.97 bits per heavy atom. The molecule has 0 atom stereocenters. The molecule has 0 aliphatic heterocycles. The fraction of sp³-hybridized carbons (Fsp3) is 0.100. The van der Waals surface area contributed by atoms with Crippen molar-refractivity contribution in [1.82, 2.24) is 4.98 Å². The third-order valence-electron chi connectivity index (χ3n) is 3.85. The molecule has 0 bridgehead atoms. The molecule has 1 heterocycles. The second-order valence-electron chi connectivity index (χ2n) is 5.85. The summed E-state index contributed by atoms with van der Waals surface area (Å²) in [5, 5.41) is 15.4. The highest BCUT2D eigenvalue weighted by Crippen LogP contribution is 2.28. The number of aromatic nitrogens is 1. The van der Waals surface area contributed by atoms with Gasteiger partial charge in [0.25, 0.3) is 5.69 Å². The van der Waals surface area contributed by atoms with Crippen LogP contribution in [0.25, 0.3) is 0 Å². The number of nitro groups is 1. The molecule has 8 nitrogen and oxygen atoms in total. The van der Waals surface area contributed by atoms with Gasteiger partial charge in [-0.3, -0.25) is 15.5 Å². The number of benzene rings is 2. The van der Waals surface area contributed by atoms with Crippen LogP contribution in [0, 0.1) is 10.1 Å². The summed E-state index contributed by atoms with van der Waals surface area (Å²) in [7, 11) is 1.57. The summed E-state index contributed by atoms with van der Waals surface area (Å²) in [6, 6.07) is 15.6. The fourth-order valence-electron chi connectivity index (χ4n) is 2.36. The number of hydrogen-bond donors (Lipinski definition) is 1. The van der Waals surface area contributed by atoms with Crippen LogP contribution in [0.2, 0.25) is 5.02 Å². The summed E-state index contributed by atoms with van der Waals surface area (Å²) >= 11 is 5.90. The molecule has 0 aliphatic rings. The van der Waals surface area contributed by atoms with Gasteiger partial charge in [-0.05, 0) is 47.5 Å². The molecule has 3 aromatic rings. The van der Waals surface area contributed by atoms with Gasteiger partial charge in [0.15, 0.2) is 11.5 Å². The van der Waals surface area contributed by atoms with Gasteiger partial charge in [-0.25, -0.2) is 4.98 Å². The van der Waals surface area contributed by atoms with Crippen molar-refractivity contribution in [3.05, 3.63) is 87.1 Å². The number of ether oxygens (including phenoxy) is 2. The lowest BCUT2D eigenvalue weighted by atomic mass is 10.2. The van der Waals surface area contributed by atoms with Crippen LogP contribution in [0.1, 0.15) is 11.1 Å². The number of rotatable bonds is 8. The van der Waals surface area contributed by atoms with Crippen LogP contribution in [0.4, 0.5) is 11.5 Å². The Hall–Kier alpha value is -3.65. The third-order valence-corrected chi connectivity index (χ3v) is 4.10. The average molecular weight is 413 g/mol. The van der Waals surface area contributed by atoms with E-state index in [-0.39, 0.29) is 5.69 Å². The highest BCUT2D eigenvalue weighted by molar-refractivity contribution is 6.30. The van der Waals surface area contributed by atoms with Crippen molar-refractivity contribution in [2.75, 3.05) is 12.5 Å². The quantitative estimate of drug-likeness (QED) is 0.327. The minimum Gasteiger partial charge on any atom is -0.493 e. The van der Waals surface area contributed by atoms with E-state index in [2.05, 4.69) is 15.5 Å². The van der Waals surface area contributed by atoms with Crippen LogP contribution in [0.3, 0.4) is 0 Å². The minimum absolute atomic E-state index is 0.0860. The molecule has 29 heavy (non-hydrogen) atoms. The Bertz CT molecular complexity index is 1010. The molecule has 3 rings (SSSR count). The van der Waals surface area contributed by atoms with Gasteiger partial charge >= 0.3 is 0 Å². The van der Waals surface area contributed by atoms with E-state index < -0.39 is 4.92 Å². The van der Waals surface area contributed by atoms with E-state index in [0.717, 1.165) is 17.3 Å². The van der Waals surface area contributed by atoms with Gasteiger partial charge in [-0.15, -0.1) is 0 Å². The summed E-state index contributed by atoms with van der Waals surface area (Å²) in [5.41, 5.74) is 4.38. The number of anilines is 1. The number of nitrogens with one attached hydrogen (secondary N) is 1. The van der Waals surface area contributed by atoms with Crippen molar-refractivity contribution in [2.45, 2.75) is 6.61 Å². The Morgan fingerprint density at radius 3 is 2.62 bits per heavy atom.